The molecule has 0 radical (unpaired) electrons. The van der Waals surface area contributed by atoms with Gasteiger partial charge in [0.2, 0.25) is 0 Å². The van der Waals surface area contributed by atoms with Gasteiger partial charge in [-0.25, -0.2) is 4.79 Å². The molecule has 1 fully saturated rings. The van der Waals surface area contributed by atoms with Crippen LogP contribution >= 0.6 is 0 Å². The molecule has 4 heteroatoms. The number of nitrogens with zero attached hydrogens (tertiary/aromatic N) is 2. The van der Waals surface area contributed by atoms with Gasteiger partial charge in [-0.05, 0) is 38.0 Å². The van der Waals surface area contributed by atoms with Crippen LogP contribution in [0.25, 0.3) is 0 Å². The molecule has 0 atom stereocenters. The highest BCUT2D eigenvalue weighted by Gasteiger charge is 2.28. The van der Waals surface area contributed by atoms with Crippen LogP contribution in [0.4, 0.5) is 0 Å². The second-order valence-electron chi connectivity index (χ2n) is 6.43. The molecule has 0 aromatic heterocycles. The van der Waals surface area contributed by atoms with Gasteiger partial charge in [0.15, 0.2) is 0 Å². The average Bonchev–Trinajstić information content (AvgIpc) is 2.48. The van der Waals surface area contributed by atoms with Crippen LogP contribution in [-0.2, 0) is 6.54 Å². The molecular weight excluding hydrogens is 264 g/mol. The number of piperazine rings is 1. The second kappa shape index (κ2) is 6.58. The van der Waals surface area contributed by atoms with Crippen molar-refractivity contribution < 1.29 is 9.90 Å². The highest BCUT2D eigenvalue weighted by molar-refractivity contribution is 5.87. The Labute approximate surface area is 127 Å². The lowest BCUT2D eigenvalue weighted by Gasteiger charge is -2.43. The van der Waals surface area contributed by atoms with Crippen molar-refractivity contribution in [3.8, 4) is 0 Å². The first kappa shape index (κ1) is 16.0. The zero-order valence-electron chi connectivity index (χ0n) is 13.3. The van der Waals surface area contributed by atoms with E-state index >= 15 is 0 Å². The lowest BCUT2D eigenvalue weighted by atomic mass is 9.98. The number of hydrogen-bond donors (Lipinski definition) is 1. The van der Waals surface area contributed by atoms with Crippen LogP contribution in [0, 0.1) is 0 Å². The van der Waals surface area contributed by atoms with Crippen molar-refractivity contribution >= 4 is 5.97 Å². The standard InChI is InChI=1S/C17H26N2O2/c1-4-17(2,3)19-10-8-18(9-11-19)13-14-6-5-7-15(12-14)16(20)21/h5-7,12H,4,8-11,13H2,1-3H3,(H,20,21). The largest absolute Gasteiger partial charge is 0.478 e. The number of hydrogen-bond acceptors (Lipinski definition) is 3. The lowest BCUT2D eigenvalue weighted by Crippen LogP contribution is -2.54. The Balaban J connectivity index is 1.92. The van der Waals surface area contributed by atoms with Crippen LogP contribution in [0.5, 0.6) is 0 Å². The Morgan fingerprint density at radius 3 is 2.48 bits per heavy atom. The highest BCUT2D eigenvalue weighted by atomic mass is 16.4. The minimum absolute atomic E-state index is 0.273. The molecule has 0 bridgehead atoms. The zero-order chi connectivity index (χ0) is 15.5. The van der Waals surface area contributed by atoms with Crippen molar-refractivity contribution in [1.82, 2.24) is 9.80 Å². The predicted octanol–water partition coefficient (Wildman–Crippen LogP) is 2.69. The van der Waals surface area contributed by atoms with E-state index in [9.17, 15) is 4.79 Å². The molecule has 0 aliphatic carbocycles. The van der Waals surface area contributed by atoms with Gasteiger partial charge in [0.1, 0.15) is 0 Å². The molecule has 4 nitrogen and oxygen atoms in total. The summed E-state index contributed by atoms with van der Waals surface area (Å²) in [4.78, 5) is 16.0. The third kappa shape index (κ3) is 4.05. The Hall–Kier alpha value is -1.39. The molecule has 1 saturated heterocycles. The van der Waals surface area contributed by atoms with Gasteiger partial charge >= 0.3 is 5.97 Å². The second-order valence-corrected chi connectivity index (χ2v) is 6.43. The molecule has 1 aromatic carbocycles. The number of rotatable bonds is 5. The van der Waals surface area contributed by atoms with E-state index in [4.69, 9.17) is 5.11 Å². The third-order valence-electron chi connectivity index (χ3n) is 4.67. The van der Waals surface area contributed by atoms with Gasteiger partial charge in [0, 0.05) is 38.3 Å². The Bertz CT molecular complexity index is 491. The fourth-order valence-corrected chi connectivity index (χ4v) is 2.80. The van der Waals surface area contributed by atoms with Crippen LogP contribution in [-0.4, -0.2) is 52.6 Å². The number of aromatic carboxylic acids is 1. The molecule has 1 aliphatic rings. The summed E-state index contributed by atoms with van der Waals surface area (Å²) < 4.78 is 0. The van der Waals surface area contributed by atoms with Crippen molar-refractivity contribution in [1.29, 1.82) is 0 Å². The molecule has 0 saturated carbocycles. The van der Waals surface area contributed by atoms with Gasteiger partial charge in [-0.15, -0.1) is 0 Å². The van der Waals surface area contributed by atoms with E-state index in [2.05, 4.69) is 30.6 Å². The van der Waals surface area contributed by atoms with E-state index in [0.717, 1.165) is 44.7 Å². The van der Waals surface area contributed by atoms with Crippen LogP contribution in [0.15, 0.2) is 24.3 Å². The number of benzene rings is 1. The number of carbonyl (C=O) groups is 1. The fourth-order valence-electron chi connectivity index (χ4n) is 2.80. The van der Waals surface area contributed by atoms with Gasteiger partial charge < -0.3 is 5.11 Å². The Kier molecular flexibility index (Phi) is 5.01. The SMILES string of the molecule is CCC(C)(C)N1CCN(Cc2cccc(C(=O)O)c2)CC1. The topological polar surface area (TPSA) is 43.8 Å². The Morgan fingerprint density at radius 1 is 1.24 bits per heavy atom. The molecule has 116 valence electrons. The number of carboxylic acids is 1. The molecule has 1 N–H and O–H groups in total. The van der Waals surface area contributed by atoms with Gasteiger partial charge in [0.05, 0.1) is 5.56 Å². The van der Waals surface area contributed by atoms with Gasteiger partial charge in [-0.3, -0.25) is 9.80 Å². The molecule has 1 aliphatic heterocycles. The summed E-state index contributed by atoms with van der Waals surface area (Å²) in [6.45, 7) is 11.9. The summed E-state index contributed by atoms with van der Waals surface area (Å²) in [5.74, 6) is -0.855. The summed E-state index contributed by atoms with van der Waals surface area (Å²) in [6, 6.07) is 7.27. The van der Waals surface area contributed by atoms with E-state index in [1.54, 1.807) is 12.1 Å². The average molecular weight is 290 g/mol. The molecular formula is C17H26N2O2. The molecule has 21 heavy (non-hydrogen) atoms. The summed E-state index contributed by atoms with van der Waals surface area (Å²) in [6.07, 6.45) is 1.16. The molecule has 0 spiro atoms. The van der Waals surface area contributed by atoms with Crippen molar-refractivity contribution in [3.63, 3.8) is 0 Å². The fraction of sp³-hybridized carbons (Fsp3) is 0.588. The maximum atomic E-state index is 11.0. The van der Waals surface area contributed by atoms with Crippen LogP contribution in [0.1, 0.15) is 43.1 Å². The van der Waals surface area contributed by atoms with E-state index in [0.29, 0.717) is 5.56 Å². The normalized spacial score (nSPS) is 17.9. The molecule has 1 heterocycles. The van der Waals surface area contributed by atoms with E-state index in [1.165, 1.54) is 0 Å². The number of carboxylic acid groups (broad SMARTS) is 1. The monoisotopic (exact) mass is 290 g/mol. The maximum Gasteiger partial charge on any atom is 0.335 e. The minimum Gasteiger partial charge on any atom is -0.478 e. The predicted molar refractivity (Wildman–Crippen MR) is 84.6 cm³/mol. The minimum atomic E-state index is -0.855. The zero-order valence-corrected chi connectivity index (χ0v) is 13.3. The molecule has 1 aromatic rings. The lowest BCUT2D eigenvalue weighted by molar-refractivity contribution is 0.0470. The van der Waals surface area contributed by atoms with Crippen molar-refractivity contribution in [3.05, 3.63) is 35.4 Å². The van der Waals surface area contributed by atoms with Crippen LogP contribution < -0.4 is 0 Å². The first-order valence-corrected chi connectivity index (χ1v) is 7.72. The molecule has 0 unspecified atom stereocenters. The third-order valence-corrected chi connectivity index (χ3v) is 4.67. The van der Waals surface area contributed by atoms with Gasteiger partial charge in [-0.2, -0.15) is 0 Å². The van der Waals surface area contributed by atoms with Crippen molar-refractivity contribution in [2.45, 2.75) is 39.3 Å². The highest BCUT2D eigenvalue weighted by Crippen LogP contribution is 2.21. The summed E-state index contributed by atoms with van der Waals surface area (Å²) in [5, 5.41) is 9.05. The molecule has 2 rings (SSSR count). The smallest absolute Gasteiger partial charge is 0.335 e. The summed E-state index contributed by atoms with van der Waals surface area (Å²) >= 11 is 0. The van der Waals surface area contributed by atoms with Gasteiger partial charge in [-0.1, -0.05) is 19.1 Å². The van der Waals surface area contributed by atoms with Crippen LogP contribution in [0.2, 0.25) is 0 Å². The van der Waals surface area contributed by atoms with E-state index < -0.39 is 5.97 Å². The first-order valence-electron chi connectivity index (χ1n) is 7.72. The van der Waals surface area contributed by atoms with Crippen LogP contribution in [0.3, 0.4) is 0 Å². The summed E-state index contributed by atoms with van der Waals surface area (Å²) in [5.41, 5.74) is 1.73. The first-order chi connectivity index (χ1) is 9.92. The maximum absolute atomic E-state index is 11.0. The van der Waals surface area contributed by atoms with Crippen molar-refractivity contribution in [2.75, 3.05) is 26.2 Å². The van der Waals surface area contributed by atoms with E-state index in [1.807, 2.05) is 12.1 Å². The summed E-state index contributed by atoms with van der Waals surface area (Å²) in [7, 11) is 0. The quantitative estimate of drug-likeness (QED) is 0.905. The van der Waals surface area contributed by atoms with Gasteiger partial charge in [0.25, 0.3) is 0 Å². The Morgan fingerprint density at radius 2 is 1.90 bits per heavy atom. The van der Waals surface area contributed by atoms with Crippen molar-refractivity contribution in [2.24, 2.45) is 0 Å². The van der Waals surface area contributed by atoms with E-state index in [-0.39, 0.29) is 5.54 Å². The molecule has 0 amide bonds.